The molecular weight excluding hydrogens is 208 g/mol. The predicted octanol–water partition coefficient (Wildman–Crippen LogP) is 3.25. The molecule has 2 rings (SSSR count). The molecule has 2 heteroatoms. The fourth-order valence-corrected chi connectivity index (χ4v) is 2.96. The molecule has 0 bridgehead atoms. The van der Waals surface area contributed by atoms with Crippen LogP contribution in [-0.4, -0.2) is 18.0 Å². The van der Waals surface area contributed by atoms with Gasteiger partial charge in [0, 0.05) is 18.1 Å². The quantitative estimate of drug-likeness (QED) is 0.863. The largest absolute Gasteiger partial charge is 0.324 e. The Kier molecular flexibility index (Phi) is 3.85. The highest BCUT2D eigenvalue weighted by Gasteiger charge is 2.32. The summed E-state index contributed by atoms with van der Waals surface area (Å²) in [6.45, 7) is 4.56. The van der Waals surface area contributed by atoms with Crippen LogP contribution < -0.4 is 5.73 Å². The molecule has 3 atom stereocenters. The van der Waals surface area contributed by atoms with Gasteiger partial charge in [-0.1, -0.05) is 37.6 Å². The molecule has 0 spiro atoms. The van der Waals surface area contributed by atoms with E-state index in [0.717, 1.165) is 6.42 Å². The van der Waals surface area contributed by atoms with Crippen molar-refractivity contribution in [2.75, 3.05) is 7.05 Å². The van der Waals surface area contributed by atoms with E-state index in [2.05, 4.69) is 50.1 Å². The standard InChI is InChI=1S/C15H24N2/c1-4-7-11(2)17(3)15-10-14(16)12-8-5-6-9-13(12)15/h5-6,8-9,11,14-15H,4,7,10,16H2,1-3H3. The number of nitrogens with zero attached hydrogens (tertiary/aromatic N) is 1. The van der Waals surface area contributed by atoms with Crippen LogP contribution in [0.1, 0.15) is 56.3 Å². The van der Waals surface area contributed by atoms with E-state index < -0.39 is 0 Å². The third-order valence-corrected chi connectivity index (χ3v) is 4.12. The lowest BCUT2D eigenvalue weighted by Crippen LogP contribution is -2.32. The maximum absolute atomic E-state index is 6.22. The number of benzene rings is 1. The van der Waals surface area contributed by atoms with E-state index in [1.807, 2.05) is 0 Å². The molecule has 1 aromatic carbocycles. The Labute approximate surface area is 105 Å². The van der Waals surface area contributed by atoms with Gasteiger partial charge in [-0.2, -0.15) is 0 Å². The van der Waals surface area contributed by atoms with Crippen molar-refractivity contribution in [3.8, 4) is 0 Å². The molecule has 1 aliphatic rings. The smallest absolute Gasteiger partial charge is 0.0369 e. The van der Waals surface area contributed by atoms with Gasteiger partial charge >= 0.3 is 0 Å². The first-order valence-corrected chi connectivity index (χ1v) is 6.71. The number of nitrogens with two attached hydrogens (primary N) is 1. The Balaban J connectivity index is 2.19. The summed E-state index contributed by atoms with van der Waals surface area (Å²) >= 11 is 0. The fourth-order valence-electron chi connectivity index (χ4n) is 2.96. The molecule has 0 saturated heterocycles. The van der Waals surface area contributed by atoms with Crippen molar-refractivity contribution in [2.45, 2.75) is 51.2 Å². The lowest BCUT2D eigenvalue weighted by Gasteiger charge is -2.31. The molecule has 94 valence electrons. The average molecular weight is 232 g/mol. The maximum atomic E-state index is 6.22. The molecule has 0 aromatic heterocycles. The summed E-state index contributed by atoms with van der Waals surface area (Å²) in [6, 6.07) is 9.98. The van der Waals surface area contributed by atoms with E-state index in [-0.39, 0.29) is 6.04 Å². The Morgan fingerprint density at radius 1 is 1.35 bits per heavy atom. The van der Waals surface area contributed by atoms with Gasteiger partial charge in [0.1, 0.15) is 0 Å². The first kappa shape index (κ1) is 12.6. The minimum Gasteiger partial charge on any atom is -0.324 e. The molecule has 0 aliphatic heterocycles. The number of hydrogen-bond acceptors (Lipinski definition) is 2. The molecule has 0 amide bonds. The fraction of sp³-hybridized carbons (Fsp3) is 0.600. The maximum Gasteiger partial charge on any atom is 0.0369 e. The third-order valence-electron chi connectivity index (χ3n) is 4.12. The van der Waals surface area contributed by atoms with Gasteiger partial charge in [0.15, 0.2) is 0 Å². The molecule has 1 aromatic rings. The van der Waals surface area contributed by atoms with E-state index in [9.17, 15) is 0 Å². The Bertz CT molecular complexity index is 375. The molecule has 3 unspecified atom stereocenters. The van der Waals surface area contributed by atoms with Crippen LogP contribution in [0.25, 0.3) is 0 Å². The van der Waals surface area contributed by atoms with Gasteiger partial charge in [-0.25, -0.2) is 0 Å². The normalized spacial score (nSPS) is 25.0. The molecule has 0 radical (unpaired) electrons. The average Bonchev–Trinajstić information content (AvgIpc) is 2.67. The predicted molar refractivity (Wildman–Crippen MR) is 72.9 cm³/mol. The first-order chi connectivity index (χ1) is 8.15. The van der Waals surface area contributed by atoms with Crippen molar-refractivity contribution in [1.29, 1.82) is 0 Å². The molecule has 0 heterocycles. The van der Waals surface area contributed by atoms with Crippen LogP contribution in [0, 0.1) is 0 Å². The third kappa shape index (κ3) is 2.38. The second kappa shape index (κ2) is 5.19. The molecule has 0 fully saturated rings. The first-order valence-electron chi connectivity index (χ1n) is 6.71. The van der Waals surface area contributed by atoms with Gasteiger partial charge in [0.05, 0.1) is 0 Å². The highest BCUT2D eigenvalue weighted by Crippen LogP contribution is 2.41. The summed E-state index contributed by atoms with van der Waals surface area (Å²) in [7, 11) is 2.24. The van der Waals surface area contributed by atoms with E-state index in [0.29, 0.717) is 12.1 Å². The zero-order chi connectivity index (χ0) is 12.4. The Morgan fingerprint density at radius 3 is 2.65 bits per heavy atom. The number of hydrogen-bond donors (Lipinski definition) is 1. The van der Waals surface area contributed by atoms with Gasteiger partial charge in [-0.3, -0.25) is 4.90 Å². The lowest BCUT2D eigenvalue weighted by atomic mass is 10.0. The summed E-state index contributed by atoms with van der Waals surface area (Å²) in [5, 5.41) is 0. The van der Waals surface area contributed by atoms with Gasteiger partial charge < -0.3 is 5.73 Å². The van der Waals surface area contributed by atoms with Crippen molar-refractivity contribution in [2.24, 2.45) is 5.73 Å². The topological polar surface area (TPSA) is 29.3 Å². The highest BCUT2D eigenvalue weighted by atomic mass is 15.2. The molecule has 17 heavy (non-hydrogen) atoms. The molecule has 2 N–H and O–H groups in total. The Morgan fingerprint density at radius 2 is 2.00 bits per heavy atom. The van der Waals surface area contributed by atoms with Crippen LogP contribution in [0.2, 0.25) is 0 Å². The van der Waals surface area contributed by atoms with Gasteiger partial charge in [-0.05, 0) is 37.9 Å². The molecule has 1 aliphatic carbocycles. The van der Waals surface area contributed by atoms with Crippen LogP contribution >= 0.6 is 0 Å². The van der Waals surface area contributed by atoms with Crippen LogP contribution in [0.15, 0.2) is 24.3 Å². The van der Waals surface area contributed by atoms with Crippen molar-refractivity contribution >= 4 is 0 Å². The molecule has 2 nitrogen and oxygen atoms in total. The summed E-state index contributed by atoms with van der Waals surface area (Å²) in [6.07, 6.45) is 3.56. The van der Waals surface area contributed by atoms with E-state index >= 15 is 0 Å². The highest BCUT2D eigenvalue weighted by molar-refractivity contribution is 5.37. The summed E-state index contributed by atoms with van der Waals surface area (Å²) in [4.78, 5) is 2.50. The van der Waals surface area contributed by atoms with E-state index in [4.69, 9.17) is 5.73 Å². The van der Waals surface area contributed by atoms with Crippen LogP contribution in [0.5, 0.6) is 0 Å². The zero-order valence-electron chi connectivity index (χ0n) is 11.2. The van der Waals surface area contributed by atoms with Crippen molar-refractivity contribution in [1.82, 2.24) is 4.90 Å². The van der Waals surface area contributed by atoms with Gasteiger partial charge in [0.2, 0.25) is 0 Å². The lowest BCUT2D eigenvalue weighted by molar-refractivity contribution is 0.171. The van der Waals surface area contributed by atoms with Crippen LogP contribution in [0.3, 0.4) is 0 Å². The van der Waals surface area contributed by atoms with Crippen LogP contribution in [-0.2, 0) is 0 Å². The number of fused-ring (bicyclic) bond motifs is 1. The number of rotatable bonds is 4. The summed E-state index contributed by atoms with van der Waals surface area (Å²) in [5.74, 6) is 0. The molecule has 0 saturated carbocycles. The minimum absolute atomic E-state index is 0.215. The minimum atomic E-state index is 0.215. The summed E-state index contributed by atoms with van der Waals surface area (Å²) in [5.41, 5.74) is 9.00. The van der Waals surface area contributed by atoms with Gasteiger partial charge in [0.25, 0.3) is 0 Å². The van der Waals surface area contributed by atoms with Crippen molar-refractivity contribution in [3.05, 3.63) is 35.4 Å². The summed E-state index contributed by atoms with van der Waals surface area (Å²) < 4.78 is 0. The van der Waals surface area contributed by atoms with Gasteiger partial charge in [-0.15, -0.1) is 0 Å². The van der Waals surface area contributed by atoms with Crippen molar-refractivity contribution in [3.63, 3.8) is 0 Å². The van der Waals surface area contributed by atoms with Crippen molar-refractivity contribution < 1.29 is 0 Å². The second-order valence-corrected chi connectivity index (χ2v) is 5.29. The molecular formula is C15H24N2. The SMILES string of the molecule is CCCC(C)N(C)C1CC(N)c2ccccc21. The second-order valence-electron chi connectivity index (χ2n) is 5.29. The van der Waals surface area contributed by atoms with E-state index in [1.165, 1.54) is 24.0 Å². The monoisotopic (exact) mass is 232 g/mol. The van der Waals surface area contributed by atoms with Crippen LogP contribution in [0.4, 0.5) is 0 Å². The van der Waals surface area contributed by atoms with E-state index in [1.54, 1.807) is 0 Å². The Hall–Kier alpha value is -0.860. The zero-order valence-corrected chi connectivity index (χ0v) is 11.2.